The van der Waals surface area contributed by atoms with E-state index in [9.17, 15) is 0 Å². The Balaban J connectivity index is 1.34. The molecule has 0 aromatic heterocycles. The molecule has 0 unspecified atom stereocenters. The molecule has 2 aliphatic rings. The fourth-order valence-electron chi connectivity index (χ4n) is 4.89. The monoisotopic (exact) mass is 391 g/mol. The lowest BCUT2D eigenvalue weighted by molar-refractivity contribution is 0.254. The number of likely N-dealkylation sites (tertiary alicyclic amines) is 1. The van der Waals surface area contributed by atoms with E-state index in [1.807, 2.05) is 0 Å². The van der Waals surface area contributed by atoms with Crippen molar-refractivity contribution in [2.45, 2.75) is 25.7 Å². The van der Waals surface area contributed by atoms with Crippen molar-refractivity contribution in [3.8, 4) is 0 Å². The number of aryl methyl sites for hydroxylation is 1. The maximum atomic E-state index is 2.65. The minimum Gasteiger partial charge on any atom is -0.303 e. The lowest BCUT2D eigenvalue weighted by atomic mass is 9.86. The molecule has 3 aromatic rings. The van der Waals surface area contributed by atoms with Crippen LogP contribution in [0.25, 0.3) is 17.7 Å². The zero-order chi connectivity index (χ0) is 20.2. The standard InChI is InChI=1S/C29H29N/c1-2-9-23(10-3-1)11-8-20-30-21-18-26(19-22-30)29-27-14-6-4-12-24(27)16-17-25-13-5-7-15-28(25)29/h1-7,9-10,12-17H,8,11,18-22H2. The Hall–Kier alpha value is -2.90. The Morgan fingerprint density at radius 3 is 1.83 bits per heavy atom. The van der Waals surface area contributed by atoms with Crippen LogP contribution in [0.1, 0.15) is 47.1 Å². The third kappa shape index (κ3) is 4.04. The third-order valence-corrected chi connectivity index (χ3v) is 6.50. The summed E-state index contributed by atoms with van der Waals surface area (Å²) in [5.41, 5.74) is 10.0. The van der Waals surface area contributed by atoms with Gasteiger partial charge in [-0.15, -0.1) is 0 Å². The molecule has 0 bridgehead atoms. The van der Waals surface area contributed by atoms with Crippen LogP contribution in [0.3, 0.4) is 0 Å². The van der Waals surface area contributed by atoms with E-state index < -0.39 is 0 Å². The van der Waals surface area contributed by atoms with Crippen molar-refractivity contribution in [1.82, 2.24) is 4.90 Å². The minimum atomic E-state index is 1.17. The van der Waals surface area contributed by atoms with Crippen LogP contribution in [-0.2, 0) is 6.42 Å². The molecule has 1 heterocycles. The van der Waals surface area contributed by atoms with E-state index >= 15 is 0 Å². The lowest BCUT2D eigenvalue weighted by Crippen LogP contribution is -2.32. The molecule has 0 saturated carbocycles. The SMILES string of the molecule is C1=Cc2ccccc2C(=C2CCN(CCCc3ccccc3)CC2)c2ccccc21. The van der Waals surface area contributed by atoms with Crippen LogP contribution in [0.4, 0.5) is 0 Å². The number of nitrogens with zero attached hydrogens (tertiary/aromatic N) is 1. The van der Waals surface area contributed by atoms with Crippen LogP contribution in [0.2, 0.25) is 0 Å². The second kappa shape index (κ2) is 8.85. The van der Waals surface area contributed by atoms with Crippen molar-refractivity contribution in [2.24, 2.45) is 0 Å². The van der Waals surface area contributed by atoms with Crippen LogP contribution in [0.15, 0.2) is 84.4 Å². The van der Waals surface area contributed by atoms with Gasteiger partial charge in [-0.05, 0) is 65.6 Å². The number of fused-ring (bicyclic) bond motifs is 2. The molecule has 0 radical (unpaired) electrons. The molecule has 1 nitrogen and oxygen atoms in total. The van der Waals surface area contributed by atoms with E-state index in [2.05, 4.69) is 95.9 Å². The molecular formula is C29H29N. The van der Waals surface area contributed by atoms with E-state index in [0.29, 0.717) is 0 Å². The fourth-order valence-corrected chi connectivity index (χ4v) is 4.89. The van der Waals surface area contributed by atoms with Crippen LogP contribution in [-0.4, -0.2) is 24.5 Å². The van der Waals surface area contributed by atoms with E-state index in [-0.39, 0.29) is 0 Å². The second-order valence-electron chi connectivity index (χ2n) is 8.42. The maximum absolute atomic E-state index is 2.65. The quantitative estimate of drug-likeness (QED) is 0.374. The van der Waals surface area contributed by atoms with Gasteiger partial charge in [0.05, 0.1) is 0 Å². The van der Waals surface area contributed by atoms with Gasteiger partial charge in [0.2, 0.25) is 0 Å². The molecule has 150 valence electrons. The molecule has 5 rings (SSSR count). The first-order valence-corrected chi connectivity index (χ1v) is 11.2. The van der Waals surface area contributed by atoms with Gasteiger partial charge in [-0.3, -0.25) is 0 Å². The van der Waals surface area contributed by atoms with Crippen molar-refractivity contribution >= 4 is 17.7 Å². The minimum absolute atomic E-state index is 1.17. The number of hydrogen-bond donors (Lipinski definition) is 0. The topological polar surface area (TPSA) is 3.24 Å². The predicted molar refractivity (Wildman–Crippen MR) is 128 cm³/mol. The van der Waals surface area contributed by atoms with Gasteiger partial charge in [0, 0.05) is 13.1 Å². The van der Waals surface area contributed by atoms with Gasteiger partial charge in [-0.1, -0.05) is 96.6 Å². The highest BCUT2D eigenvalue weighted by atomic mass is 15.1. The Bertz CT molecular complexity index is 1010. The molecule has 3 aromatic carbocycles. The normalized spacial score (nSPS) is 16.1. The summed E-state index contributed by atoms with van der Waals surface area (Å²) in [7, 11) is 0. The molecule has 0 atom stereocenters. The summed E-state index contributed by atoms with van der Waals surface area (Å²) in [6.07, 6.45) is 9.32. The Morgan fingerprint density at radius 1 is 0.633 bits per heavy atom. The summed E-state index contributed by atoms with van der Waals surface area (Å²) in [5, 5.41) is 0. The highest BCUT2D eigenvalue weighted by Crippen LogP contribution is 2.38. The van der Waals surface area contributed by atoms with Crippen LogP contribution in [0, 0.1) is 0 Å². The predicted octanol–water partition coefficient (Wildman–Crippen LogP) is 6.70. The van der Waals surface area contributed by atoms with E-state index in [1.165, 1.54) is 78.7 Å². The first kappa shape index (κ1) is 19.1. The average Bonchev–Trinajstić information content (AvgIpc) is 2.97. The van der Waals surface area contributed by atoms with Crippen molar-refractivity contribution in [3.05, 3.63) is 112 Å². The molecule has 30 heavy (non-hydrogen) atoms. The summed E-state index contributed by atoms with van der Waals surface area (Å²) in [6, 6.07) is 28.6. The van der Waals surface area contributed by atoms with Crippen LogP contribution in [0.5, 0.6) is 0 Å². The summed E-state index contributed by atoms with van der Waals surface area (Å²) in [4.78, 5) is 2.65. The van der Waals surface area contributed by atoms with Crippen LogP contribution < -0.4 is 0 Å². The number of piperidine rings is 1. The second-order valence-corrected chi connectivity index (χ2v) is 8.42. The van der Waals surface area contributed by atoms with Gasteiger partial charge in [-0.25, -0.2) is 0 Å². The zero-order valence-electron chi connectivity index (χ0n) is 17.6. The largest absolute Gasteiger partial charge is 0.303 e. The lowest BCUT2D eigenvalue weighted by Gasteiger charge is -2.30. The van der Waals surface area contributed by atoms with Crippen molar-refractivity contribution in [2.75, 3.05) is 19.6 Å². The van der Waals surface area contributed by atoms with Crippen molar-refractivity contribution in [1.29, 1.82) is 0 Å². The number of rotatable bonds is 4. The fraction of sp³-hybridized carbons (Fsp3) is 0.241. The molecule has 1 aliphatic carbocycles. The average molecular weight is 392 g/mol. The number of hydrogen-bond acceptors (Lipinski definition) is 1. The summed E-state index contributed by atoms with van der Waals surface area (Å²) in [6.45, 7) is 3.54. The van der Waals surface area contributed by atoms with E-state index in [0.717, 1.165) is 0 Å². The Kier molecular flexibility index (Phi) is 5.63. The first-order chi connectivity index (χ1) is 14.9. The highest BCUT2D eigenvalue weighted by molar-refractivity contribution is 5.94. The van der Waals surface area contributed by atoms with Gasteiger partial charge in [0.1, 0.15) is 0 Å². The molecule has 1 aliphatic heterocycles. The first-order valence-electron chi connectivity index (χ1n) is 11.2. The Morgan fingerprint density at radius 2 is 1.20 bits per heavy atom. The van der Waals surface area contributed by atoms with Crippen molar-refractivity contribution in [3.63, 3.8) is 0 Å². The Labute approximate surface area is 180 Å². The van der Waals surface area contributed by atoms with Gasteiger partial charge >= 0.3 is 0 Å². The van der Waals surface area contributed by atoms with E-state index in [1.54, 1.807) is 5.57 Å². The van der Waals surface area contributed by atoms with Crippen LogP contribution >= 0.6 is 0 Å². The molecule has 1 fully saturated rings. The van der Waals surface area contributed by atoms with Gasteiger partial charge in [0.15, 0.2) is 0 Å². The summed E-state index contributed by atoms with van der Waals surface area (Å²) < 4.78 is 0. The molecular weight excluding hydrogens is 362 g/mol. The maximum Gasteiger partial charge on any atom is 0.00190 e. The summed E-state index contributed by atoms with van der Waals surface area (Å²) >= 11 is 0. The van der Waals surface area contributed by atoms with Gasteiger partial charge < -0.3 is 4.90 Å². The smallest absolute Gasteiger partial charge is 0.00190 e. The van der Waals surface area contributed by atoms with Crippen molar-refractivity contribution < 1.29 is 0 Å². The highest BCUT2D eigenvalue weighted by Gasteiger charge is 2.22. The molecule has 0 spiro atoms. The number of benzene rings is 3. The molecule has 0 amide bonds. The molecule has 1 saturated heterocycles. The van der Waals surface area contributed by atoms with E-state index in [4.69, 9.17) is 0 Å². The molecule has 1 heteroatoms. The zero-order valence-corrected chi connectivity index (χ0v) is 17.6. The molecule has 0 N–H and O–H groups in total. The van der Waals surface area contributed by atoms with Gasteiger partial charge in [0.25, 0.3) is 0 Å². The van der Waals surface area contributed by atoms with Gasteiger partial charge in [-0.2, -0.15) is 0 Å². The third-order valence-electron chi connectivity index (χ3n) is 6.50. The summed E-state index contributed by atoms with van der Waals surface area (Å²) in [5.74, 6) is 0.